The summed E-state index contributed by atoms with van der Waals surface area (Å²) in [5.41, 5.74) is 8.71. The molecule has 1 aliphatic heterocycles. The molecule has 0 aromatic heterocycles. The molecule has 0 radical (unpaired) electrons. The van der Waals surface area contributed by atoms with Crippen LogP contribution in [0.2, 0.25) is 0 Å². The number of rotatable bonds is 4. The van der Waals surface area contributed by atoms with Gasteiger partial charge in [-0.1, -0.05) is 25.1 Å². The zero-order chi connectivity index (χ0) is 14.8. The van der Waals surface area contributed by atoms with Crippen LogP contribution >= 0.6 is 0 Å². The monoisotopic (exact) mass is 276 g/mol. The summed E-state index contributed by atoms with van der Waals surface area (Å²) >= 11 is 0. The van der Waals surface area contributed by atoms with E-state index in [2.05, 4.69) is 57.0 Å². The van der Waals surface area contributed by atoms with Gasteiger partial charge in [0.1, 0.15) is 0 Å². The van der Waals surface area contributed by atoms with Gasteiger partial charge < -0.3 is 15.4 Å². The number of anilines is 1. The summed E-state index contributed by atoms with van der Waals surface area (Å²) in [6, 6.07) is 8.53. The van der Waals surface area contributed by atoms with Crippen molar-refractivity contribution in [3.63, 3.8) is 0 Å². The van der Waals surface area contributed by atoms with Crippen molar-refractivity contribution < 1.29 is 4.74 Å². The van der Waals surface area contributed by atoms with Gasteiger partial charge in [-0.25, -0.2) is 0 Å². The molecule has 1 saturated heterocycles. The lowest BCUT2D eigenvalue weighted by Crippen LogP contribution is -2.60. The summed E-state index contributed by atoms with van der Waals surface area (Å²) < 4.78 is 6.01. The summed E-state index contributed by atoms with van der Waals surface area (Å²) in [7, 11) is 2.18. The van der Waals surface area contributed by atoms with E-state index in [9.17, 15) is 0 Å². The fourth-order valence-electron chi connectivity index (χ4n) is 3.34. The summed E-state index contributed by atoms with van der Waals surface area (Å²) in [5, 5.41) is 0. The van der Waals surface area contributed by atoms with E-state index in [1.165, 1.54) is 11.3 Å². The van der Waals surface area contributed by atoms with Crippen molar-refractivity contribution >= 4 is 5.69 Å². The van der Waals surface area contributed by atoms with Gasteiger partial charge in [-0.3, -0.25) is 0 Å². The first-order valence-electron chi connectivity index (χ1n) is 7.60. The molecule has 1 aromatic rings. The number of benzene rings is 1. The Morgan fingerprint density at radius 3 is 2.65 bits per heavy atom. The second-order valence-electron chi connectivity index (χ2n) is 6.35. The molecule has 0 aliphatic carbocycles. The van der Waals surface area contributed by atoms with Crippen molar-refractivity contribution in [2.24, 2.45) is 5.73 Å². The van der Waals surface area contributed by atoms with Crippen LogP contribution < -0.4 is 10.6 Å². The molecule has 0 saturated carbocycles. The highest BCUT2D eigenvalue weighted by Crippen LogP contribution is 2.39. The molecule has 2 unspecified atom stereocenters. The number of hydrogen-bond acceptors (Lipinski definition) is 3. The van der Waals surface area contributed by atoms with Crippen molar-refractivity contribution in [1.29, 1.82) is 0 Å². The van der Waals surface area contributed by atoms with E-state index in [1.54, 1.807) is 0 Å². The third-order valence-electron chi connectivity index (χ3n) is 5.04. The zero-order valence-electron chi connectivity index (χ0n) is 13.3. The van der Waals surface area contributed by atoms with Crippen molar-refractivity contribution in [3.8, 4) is 0 Å². The Labute approximate surface area is 123 Å². The topological polar surface area (TPSA) is 38.5 Å². The molecule has 1 aromatic carbocycles. The van der Waals surface area contributed by atoms with E-state index >= 15 is 0 Å². The van der Waals surface area contributed by atoms with Gasteiger partial charge in [-0.2, -0.15) is 0 Å². The van der Waals surface area contributed by atoms with Crippen molar-refractivity contribution in [1.82, 2.24) is 0 Å². The fraction of sp³-hybridized carbons (Fsp3) is 0.647. The Balaban J connectivity index is 2.33. The smallest absolute Gasteiger partial charge is 0.0674 e. The summed E-state index contributed by atoms with van der Waals surface area (Å²) in [4.78, 5) is 2.39. The van der Waals surface area contributed by atoms with E-state index in [4.69, 9.17) is 10.5 Å². The summed E-state index contributed by atoms with van der Waals surface area (Å²) in [6.07, 6.45) is 3.00. The van der Waals surface area contributed by atoms with Gasteiger partial charge in [0, 0.05) is 32.3 Å². The van der Waals surface area contributed by atoms with Gasteiger partial charge in [0.05, 0.1) is 11.1 Å². The van der Waals surface area contributed by atoms with Gasteiger partial charge in [0.15, 0.2) is 0 Å². The highest BCUT2D eigenvalue weighted by molar-refractivity contribution is 5.54. The van der Waals surface area contributed by atoms with Crippen LogP contribution in [0.3, 0.4) is 0 Å². The molecule has 1 fully saturated rings. The highest BCUT2D eigenvalue weighted by Gasteiger charge is 2.44. The van der Waals surface area contributed by atoms with E-state index in [0.29, 0.717) is 6.54 Å². The van der Waals surface area contributed by atoms with Gasteiger partial charge in [-0.15, -0.1) is 0 Å². The highest BCUT2D eigenvalue weighted by atomic mass is 16.5. The van der Waals surface area contributed by atoms with E-state index < -0.39 is 0 Å². The van der Waals surface area contributed by atoms with Crippen molar-refractivity contribution in [2.45, 2.75) is 51.2 Å². The van der Waals surface area contributed by atoms with Crippen LogP contribution in [0.4, 0.5) is 5.69 Å². The Morgan fingerprint density at radius 1 is 1.35 bits per heavy atom. The van der Waals surface area contributed by atoms with Crippen LogP contribution in [0, 0.1) is 6.92 Å². The number of nitrogens with zero attached hydrogens (tertiary/aromatic N) is 1. The number of para-hydroxylation sites is 1. The first-order valence-corrected chi connectivity index (χ1v) is 7.60. The van der Waals surface area contributed by atoms with Crippen molar-refractivity contribution in [2.75, 3.05) is 25.1 Å². The lowest BCUT2D eigenvalue weighted by Gasteiger charge is -2.51. The van der Waals surface area contributed by atoms with Crippen LogP contribution in [0.15, 0.2) is 24.3 Å². The lowest BCUT2D eigenvalue weighted by molar-refractivity contribution is -0.0928. The van der Waals surface area contributed by atoms with Crippen LogP contribution in [0.5, 0.6) is 0 Å². The number of aryl methyl sites for hydroxylation is 1. The maximum Gasteiger partial charge on any atom is 0.0674 e. The number of likely N-dealkylation sites (N-methyl/N-ethyl adjacent to an activating group) is 1. The Morgan fingerprint density at radius 2 is 2.05 bits per heavy atom. The third-order valence-corrected chi connectivity index (χ3v) is 5.04. The molecule has 1 aliphatic rings. The maximum absolute atomic E-state index is 6.21. The molecule has 2 atom stereocenters. The Bertz CT molecular complexity index is 462. The number of ether oxygens (including phenoxy) is 1. The second kappa shape index (κ2) is 5.74. The molecule has 2 rings (SSSR count). The largest absolute Gasteiger partial charge is 0.375 e. The minimum absolute atomic E-state index is 0.00484. The minimum atomic E-state index is -0.0609. The maximum atomic E-state index is 6.21. The predicted octanol–water partition coefficient (Wildman–Crippen LogP) is 3.11. The molecule has 1 heterocycles. The quantitative estimate of drug-likeness (QED) is 0.918. The average Bonchev–Trinajstić information content (AvgIpc) is 2.47. The van der Waals surface area contributed by atoms with Gasteiger partial charge in [-0.05, 0) is 38.3 Å². The predicted molar refractivity (Wildman–Crippen MR) is 85.2 cm³/mol. The van der Waals surface area contributed by atoms with Crippen LogP contribution in [-0.4, -0.2) is 31.3 Å². The molecular formula is C17H28N2O. The second-order valence-corrected chi connectivity index (χ2v) is 6.35. The number of hydrogen-bond donors (Lipinski definition) is 1. The van der Waals surface area contributed by atoms with Crippen LogP contribution in [0.25, 0.3) is 0 Å². The van der Waals surface area contributed by atoms with E-state index in [-0.39, 0.29) is 11.1 Å². The molecule has 0 bridgehead atoms. The van der Waals surface area contributed by atoms with Gasteiger partial charge in [0.25, 0.3) is 0 Å². The molecule has 2 N–H and O–H groups in total. The summed E-state index contributed by atoms with van der Waals surface area (Å²) in [6.45, 7) is 8.02. The van der Waals surface area contributed by atoms with Crippen LogP contribution in [-0.2, 0) is 4.74 Å². The fourth-order valence-corrected chi connectivity index (χ4v) is 3.34. The molecule has 20 heavy (non-hydrogen) atoms. The zero-order valence-corrected chi connectivity index (χ0v) is 13.3. The first kappa shape index (κ1) is 15.3. The van der Waals surface area contributed by atoms with Gasteiger partial charge in [0.2, 0.25) is 0 Å². The molecule has 0 amide bonds. The minimum Gasteiger partial charge on any atom is -0.375 e. The SMILES string of the molecule is CCC1(C)CC(CN)(N(C)c2ccccc2C)CCO1. The number of nitrogens with two attached hydrogens (primary N) is 1. The third kappa shape index (κ3) is 2.70. The Kier molecular flexibility index (Phi) is 4.40. The molecular weight excluding hydrogens is 248 g/mol. The van der Waals surface area contributed by atoms with Gasteiger partial charge >= 0.3 is 0 Å². The summed E-state index contributed by atoms with van der Waals surface area (Å²) in [5.74, 6) is 0. The van der Waals surface area contributed by atoms with E-state index in [0.717, 1.165) is 25.9 Å². The van der Waals surface area contributed by atoms with Crippen molar-refractivity contribution in [3.05, 3.63) is 29.8 Å². The Hall–Kier alpha value is -1.06. The lowest BCUT2D eigenvalue weighted by atomic mass is 9.77. The molecule has 3 nitrogen and oxygen atoms in total. The first-order chi connectivity index (χ1) is 9.46. The average molecular weight is 276 g/mol. The van der Waals surface area contributed by atoms with E-state index in [1.807, 2.05) is 0 Å². The molecule has 112 valence electrons. The standard InChI is InChI=1S/C17H28N2O/c1-5-16(3)12-17(13-18,10-11-20-16)19(4)15-9-7-6-8-14(15)2/h6-9H,5,10-13,18H2,1-4H3. The molecule has 0 spiro atoms. The molecule has 3 heteroatoms. The normalized spacial score (nSPS) is 30.2. The van der Waals surface area contributed by atoms with Crippen LogP contribution in [0.1, 0.15) is 38.7 Å².